The first-order chi connectivity index (χ1) is 12.6. The van der Waals surface area contributed by atoms with Gasteiger partial charge in [-0.15, -0.1) is 0 Å². The normalized spacial score (nSPS) is 21.4. The predicted octanol–water partition coefficient (Wildman–Crippen LogP) is 3.40. The molecule has 1 heterocycles. The molecule has 1 saturated heterocycles. The van der Waals surface area contributed by atoms with Gasteiger partial charge in [-0.1, -0.05) is 4.40 Å². The van der Waals surface area contributed by atoms with Crippen molar-refractivity contribution in [3.8, 4) is 5.75 Å². The Labute approximate surface area is 161 Å². The molecule has 1 atom stereocenters. The van der Waals surface area contributed by atoms with Gasteiger partial charge in [-0.3, -0.25) is 0 Å². The van der Waals surface area contributed by atoms with E-state index in [-0.39, 0.29) is 5.75 Å². The predicted molar refractivity (Wildman–Crippen MR) is 102 cm³/mol. The molecular weight excluding hydrogens is 371 g/mol. The number of ether oxygens (including phenoxy) is 1. The number of fused-ring (bicyclic) bond motifs is 1. The van der Waals surface area contributed by atoms with Gasteiger partial charge in [0, 0.05) is 24.1 Å². The van der Waals surface area contributed by atoms with Crippen molar-refractivity contribution >= 4 is 23.2 Å². The van der Waals surface area contributed by atoms with Crippen LogP contribution in [0.25, 0.3) is 0 Å². The summed E-state index contributed by atoms with van der Waals surface area (Å²) < 4.78 is 36.2. The van der Waals surface area contributed by atoms with Crippen LogP contribution < -0.4 is 4.74 Å². The highest BCUT2D eigenvalue weighted by atomic mass is 32.2. The van der Waals surface area contributed by atoms with E-state index in [0.29, 0.717) is 43.6 Å². The number of nitrogens with zero attached hydrogens (tertiary/aromatic N) is 2. The van der Waals surface area contributed by atoms with Gasteiger partial charge in [0.2, 0.25) is 0 Å². The molecule has 1 fully saturated rings. The minimum atomic E-state index is -1.49. The molecule has 6 nitrogen and oxygen atoms in total. The summed E-state index contributed by atoms with van der Waals surface area (Å²) in [7, 11) is 1.42. The van der Waals surface area contributed by atoms with E-state index < -0.39 is 33.4 Å². The Kier molecular flexibility index (Phi) is 5.16. The molecule has 1 amide bonds. The second-order valence-corrected chi connectivity index (χ2v) is 10.1. The number of piperidine rings is 1. The van der Waals surface area contributed by atoms with Gasteiger partial charge in [-0.2, -0.15) is 0 Å². The zero-order valence-corrected chi connectivity index (χ0v) is 16.9. The Balaban J connectivity index is 2.06. The minimum absolute atomic E-state index is 0.171. The van der Waals surface area contributed by atoms with Crippen LogP contribution in [0, 0.1) is 11.2 Å². The van der Waals surface area contributed by atoms with Crippen LogP contribution in [0.2, 0.25) is 0 Å². The van der Waals surface area contributed by atoms with Crippen molar-refractivity contribution < 1.29 is 23.6 Å². The molecule has 1 unspecified atom stereocenters. The fourth-order valence-electron chi connectivity index (χ4n) is 3.76. The van der Waals surface area contributed by atoms with Crippen molar-refractivity contribution in [2.45, 2.75) is 44.8 Å². The van der Waals surface area contributed by atoms with Crippen LogP contribution in [0.4, 0.5) is 9.18 Å². The summed E-state index contributed by atoms with van der Waals surface area (Å²) >= 11 is -1.49. The van der Waals surface area contributed by atoms with E-state index in [9.17, 15) is 18.8 Å². The lowest BCUT2D eigenvalue weighted by molar-refractivity contribution is 0.115. The Morgan fingerprint density at radius 1 is 1.37 bits per heavy atom. The molecule has 27 heavy (non-hydrogen) atoms. The molecule has 0 aromatic heterocycles. The van der Waals surface area contributed by atoms with Gasteiger partial charge in [-0.05, 0) is 57.7 Å². The maximum atomic E-state index is 14.4. The molecule has 8 heteroatoms. The van der Waals surface area contributed by atoms with Crippen molar-refractivity contribution in [3.63, 3.8) is 0 Å². The quantitative estimate of drug-likeness (QED) is 0.777. The first-order valence-corrected chi connectivity index (χ1v) is 10.0. The fraction of sp³-hybridized carbons (Fsp3) is 0.579. The monoisotopic (exact) mass is 396 g/mol. The molecule has 1 aliphatic heterocycles. The number of hydrogen-bond acceptors (Lipinski definition) is 4. The minimum Gasteiger partial charge on any atom is -0.591 e. The number of carboxylic acid groups (broad SMARTS) is 1. The van der Waals surface area contributed by atoms with Crippen molar-refractivity contribution in [2.75, 3.05) is 20.2 Å². The van der Waals surface area contributed by atoms with Crippen LogP contribution in [0.15, 0.2) is 16.5 Å². The summed E-state index contributed by atoms with van der Waals surface area (Å²) in [6.45, 7) is 6.29. The van der Waals surface area contributed by atoms with Crippen molar-refractivity contribution in [3.05, 3.63) is 29.1 Å². The van der Waals surface area contributed by atoms with Crippen molar-refractivity contribution in [1.82, 2.24) is 4.90 Å². The smallest absolute Gasteiger partial charge is 0.407 e. The number of benzene rings is 1. The summed E-state index contributed by atoms with van der Waals surface area (Å²) in [4.78, 5) is 12.7. The van der Waals surface area contributed by atoms with Crippen LogP contribution >= 0.6 is 0 Å². The molecule has 1 aromatic carbocycles. The third-order valence-electron chi connectivity index (χ3n) is 5.35. The van der Waals surface area contributed by atoms with Gasteiger partial charge in [0.25, 0.3) is 0 Å². The third-order valence-corrected chi connectivity index (χ3v) is 6.75. The first kappa shape index (κ1) is 19.9. The van der Waals surface area contributed by atoms with Gasteiger partial charge in [-0.25, -0.2) is 9.18 Å². The lowest BCUT2D eigenvalue weighted by atomic mass is 9.74. The highest BCUT2D eigenvalue weighted by Gasteiger charge is 2.48. The Hall–Kier alpha value is -1.80. The fourth-order valence-corrected chi connectivity index (χ4v) is 4.49. The molecule has 0 bridgehead atoms. The number of likely N-dealkylation sites (tertiary alicyclic amines) is 1. The molecule has 2 aliphatic rings. The van der Waals surface area contributed by atoms with E-state index in [2.05, 4.69) is 4.40 Å². The molecule has 148 valence electrons. The van der Waals surface area contributed by atoms with Crippen LogP contribution in [0.3, 0.4) is 0 Å². The molecule has 1 aliphatic carbocycles. The summed E-state index contributed by atoms with van der Waals surface area (Å²) in [5, 5.41) is 9.25. The first-order valence-electron chi connectivity index (χ1n) is 8.93. The second-order valence-electron chi connectivity index (χ2n) is 8.17. The number of rotatable bonds is 2. The lowest BCUT2D eigenvalue weighted by Crippen LogP contribution is -2.45. The number of halogens is 1. The van der Waals surface area contributed by atoms with Gasteiger partial charge in [0.05, 0.1) is 7.11 Å². The molecule has 1 aromatic rings. The Morgan fingerprint density at radius 2 is 2.00 bits per heavy atom. The van der Waals surface area contributed by atoms with E-state index in [0.717, 1.165) is 5.56 Å². The second kappa shape index (κ2) is 6.98. The molecule has 3 rings (SSSR count). The van der Waals surface area contributed by atoms with Gasteiger partial charge in [0.1, 0.15) is 21.8 Å². The zero-order chi connectivity index (χ0) is 20.0. The van der Waals surface area contributed by atoms with Gasteiger partial charge >= 0.3 is 6.09 Å². The van der Waals surface area contributed by atoms with Crippen LogP contribution in [-0.4, -0.2) is 51.3 Å². The Bertz CT molecular complexity index is 783. The van der Waals surface area contributed by atoms with Gasteiger partial charge < -0.3 is 19.3 Å². The summed E-state index contributed by atoms with van der Waals surface area (Å²) in [5.74, 6) is -0.310. The highest BCUT2D eigenvalue weighted by molar-refractivity contribution is 7.91. The zero-order valence-electron chi connectivity index (χ0n) is 16.0. The van der Waals surface area contributed by atoms with Crippen LogP contribution in [0.5, 0.6) is 5.75 Å². The van der Waals surface area contributed by atoms with E-state index >= 15 is 0 Å². The lowest BCUT2D eigenvalue weighted by Gasteiger charge is -2.38. The molecular formula is C19H25FN2O4S. The van der Waals surface area contributed by atoms with Crippen LogP contribution in [0.1, 0.15) is 44.7 Å². The third kappa shape index (κ3) is 3.65. The van der Waals surface area contributed by atoms with Crippen molar-refractivity contribution in [1.29, 1.82) is 0 Å². The van der Waals surface area contributed by atoms with E-state index in [4.69, 9.17) is 4.74 Å². The molecule has 0 radical (unpaired) electrons. The van der Waals surface area contributed by atoms with Gasteiger partial charge in [0.15, 0.2) is 11.6 Å². The summed E-state index contributed by atoms with van der Waals surface area (Å²) in [5.41, 5.74) is 1.78. The topological polar surface area (TPSA) is 85.2 Å². The molecule has 1 spiro atoms. The molecule has 1 N–H and O–H groups in total. The van der Waals surface area contributed by atoms with E-state index in [1.54, 1.807) is 6.07 Å². The average Bonchev–Trinajstić information content (AvgIpc) is 2.86. The summed E-state index contributed by atoms with van der Waals surface area (Å²) in [6, 6.07) is 3.09. The van der Waals surface area contributed by atoms with Crippen LogP contribution in [-0.2, 0) is 17.8 Å². The SMILES string of the molecule is COc1cc2c(cc1F)/C(=N\[S+]([O-])C(C)(C)C)C1(CCN(C(=O)O)CC1)C2. The van der Waals surface area contributed by atoms with E-state index in [1.165, 1.54) is 18.1 Å². The maximum absolute atomic E-state index is 14.4. The highest BCUT2D eigenvalue weighted by Crippen LogP contribution is 2.47. The number of methoxy groups -OCH3 is 1. The number of amides is 1. The number of carbonyl (C=O) groups is 1. The summed E-state index contributed by atoms with van der Waals surface area (Å²) in [6.07, 6.45) is 0.813. The van der Waals surface area contributed by atoms with Crippen molar-refractivity contribution in [2.24, 2.45) is 9.81 Å². The standard InChI is InChI=1S/C19H25FN2O4S/c1-18(2,3)27(25)21-16-13-10-14(20)15(26-4)9-12(13)11-19(16)5-7-22(8-6-19)17(23)24/h9-10H,5-8,11H2,1-4H3,(H,23,24)/b21-16+. The maximum Gasteiger partial charge on any atom is 0.407 e. The molecule has 0 saturated carbocycles. The Morgan fingerprint density at radius 3 is 2.52 bits per heavy atom. The number of hydrogen-bond donors (Lipinski definition) is 1. The largest absolute Gasteiger partial charge is 0.591 e. The average molecular weight is 396 g/mol. The van der Waals surface area contributed by atoms with E-state index in [1.807, 2.05) is 20.8 Å².